The highest BCUT2D eigenvalue weighted by Gasteiger charge is 2.09. The minimum atomic E-state index is 0.472. The minimum Gasteiger partial charge on any atom is -0.493 e. The zero-order chi connectivity index (χ0) is 19.9. The van der Waals surface area contributed by atoms with E-state index in [4.69, 9.17) is 9.47 Å². The molecule has 0 bridgehead atoms. The molecule has 0 saturated heterocycles. The van der Waals surface area contributed by atoms with Crippen molar-refractivity contribution < 1.29 is 9.47 Å². The number of benzene rings is 2. The summed E-state index contributed by atoms with van der Waals surface area (Å²) in [5.41, 5.74) is 3.24. The van der Waals surface area contributed by atoms with Crippen LogP contribution in [-0.2, 0) is 13.0 Å². The van der Waals surface area contributed by atoms with Crippen molar-refractivity contribution in [3.63, 3.8) is 0 Å². The molecule has 0 spiro atoms. The lowest BCUT2D eigenvalue weighted by Crippen LogP contribution is -2.00. The molecule has 3 rings (SSSR count). The van der Waals surface area contributed by atoms with Crippen LogP contribution in [0.1, 0.15) is 29.4 Å². The van der Waals surface area contributed by atoms with Crippen LogP contribution in [0.2, 0.25) is 0 Å². The number of hydrogen-bond acceptors (Lipinski definition) is 6. The largest absolute Gasteiger partial charge is 0.493 e. The molecule has 0 saturated carbocycles. The van der Waals surface area contributed by atoms with Gasteiger partial charge in [-0.3, -0.25) is 0 Å². The maximum absolute atomic E-state index is 6.00. The summed E-state index contributed by atoms with van der Waals surface area (Å²) < 4.78 is 13.2. The van der Waals surface area contributed by atoms with Crippen molar-refractivity contribution in [1.29, 1.82) is 0 Å². The van der Waals surface area contributed by atoms with Crippen molar-refractivity contribution in [3.05, 3.63) is 65.0 Å². The van der Waals surface area contributed by atoms with Crippen LogP contribution in [0, 0.1) is 6.92 Å². The first-order valence-electron chi connectivity index (χ1n) is 9.03. The number of nitrogens with zero attached hydrogens (tertiary/aromatic N) is 4. The number of methoxy groups -OCH3 is 1. The second-order valence-electron chi connectivity index (χ2n) is 6.20. The number of ether oxygens (including phenoxy) is 2. The summed E-state index contributed by atoms with van der Waals surface area (Å²) in [4.78, 5) is 0. The quantitative estimate of drug-likeness (QED) is 0.419. The van der Waals surface area contributed by atoms with E-state index in [2.05, 4.69) is 46.5 Å². The molecule has 3 aromatic rings. The third-order valence-corrected chi connectivity index (χ3v) is 4.82. The van der Waals surface area contributed by atoms with E-state index >= 15 is 0 Å². The molecular weight excluding hydrogens is 372 g/mol. The average Bonchev–Trinajstić information content (AvgIpc) is 3.13. The van der Waals surface area contributed by atoms with Crippen LogP contribution in [0.3, 0.4) is 0 Å². The predicted molar refractivity (Wildman–Crippen MR) is 113 cm³/mol. The second kappa shape index (κ2) is 9.41. The minimum absolute atomic E-state index is 0.472. The molecule has 0 fully saturated rings. The number of thioether (sulfide) groups is 1. The molecule has 0 aliphatic rings. The summed E-state index contributed by atoms with van der Waals surface area (Å²) in [6.45, 7) is 4.57. The zero-order valence-corrected chi connectivity index (χ0v) is 17.4. The number of rotatable bonds is 8. The van der Waals surface area contributed by atoms with Gasteiger partial charge in [0.2, 0.25) is 5.16 Å². The fourth-order valence-corrected chi connectivity index (χ4v) is 3.06. The van der Waals surface area contributed by atoms with E-state index in [0.29, 0.717) is 18.1 Å². The first-order valence-corrected chi connectivity index (χ1v) is 10.3. The van der Waals surface area contributed by atoms with Gasteiger partial charge in [-0.2, -0.15) is 9.78 Å². The molecule has 0 unspecified atom stereocenters. The van der Waals surface area contributed by atoms with E-state index in [0.717, 1.165) is 28.5 Å². The number of aromatic nitrogens is 3. The van der Waals surface area contributed by atoms with Gasteiger partial charge >= 0.3 is 0 Å². The summed E-state index contributed by atoms with van der Waals surface area (Å²) >= 11 is 1.51. The van der Waals surface area contributed by atoms with Gasteiger partial charge in [0, 0.05) is 6.42 Å². The maximum atomic E-state index is 6.00. The van der Waals surface area contributed by atoms with Crippen LogP contribution in [0.4, 0.5) is 0 Å². The SMILES string of the molecule is CCc1nnc(SC)n1/N=C\c1ccc(OC)c(OCc2ccc(C)cc2)c1. The molecule has 1 aromatic heterocycles. The Morgan fingerprint density at radius 2 is 1.89 bits per heavy atom. The summed E-state index contributed by atoms with van der Waals surface area (Å²) in [7, 11) is 1.64. The van der Waals surface area contributed by atoms with Gasteiger partial charge in [-0.15, -0.1) is 10.2 Å². The summed E-state index contributed by atoms with van der Waals surface area (Å²) in [5, 5.41) is 13.6. The Balaban J connectivity index is 1.80. The first kappa shape index (κ1) is 19.9. The van der Waals surface area contributed by atoms with E-state index in [1.807, 2.05) is 31.4 Å². The Morgan fingerprint density at radius 1 is 1.11 bits per heavy atom. The second-order valence-corrected chi connectivity index (χ2v) is 6.97. The van der Waals surface area contributed by atoms with Crippen LogP contribution >= 0.6 is 11.8 Å². The number of hydrogen-bond donors (Lipinski definition) is 0. The standard InChI is InChI=1S/C21H24N4O2S/c1-5-20-23-24-21(28-4)25(20)22-13-17-10-11-18(26-3)19(12-17)27-14-16-8-6-15(2)7-9-16/h6-13H,5,14H2,1-4H3/b22-13-. The predicted octanol–water partition coefficient (Wildman–Crippen LogP) is 4.34. The van der Waals surface area contributed by atoms with Crippen molar-refractivity contribution in [3.8, 4) is 11.5 Å². The molecule has 0 N–H and O–H groups in total. The Hall–Kier alpha value is -2.80. The highest BCUT2D eigenvalue weighted by atomic mass is 32.2. The molecular formula is C21H24N4O2S. The molecule has 0 atom stereocenters. The first-order chi connectivity index (χ1) is 13.6. The zero-order valence-electron chi connectivity index (χ0n) is 16.5. The van der Waals surface area contributed by atoms with Crippen LogP contribution in [-0.4, -0.2) is 34.5 Å². The van der Waals surface area contributed by atoms with Crippen LogP contribution < -0.4 is 9.47 Å². The maximum Gasteiger partial charge on any atom is 0.211 e. The summed E-state index contributed by atoms with van der Waals surface area (Å²) in [5.74, 6) is 2.19. The Bertz CT molecular complexity index is 930. The third kappa shape index (κ3) is 4.72. The molecule has 28 heavy (non-hydrogen) atoms. The van der Waals surface area contributed by atoms with Gasteiger partial charge in [-0.25, -0.2) is 0 Å². The fraction of sp³-hybridized carbons (Fsp3) is 0.286. The van der Waals surface area contributed by atoms with Crippen molar-refractivity contribution in [2.45, 2.75) is 32.0 Å². The highest BCUT2D eigenvalue weighted by Crippen LogP contribution is 2.28. The summed E-state index contributed by atoms with van der Waals surface area (Å²) in [6.07, 6.45) is 4.50. The van der Waals surface area contributed by atoms with Gasteiger partial charge in [0.1, 0.15) is 6.61 Å². The smallest absolute Gasteiger partial charge is 0.211 e. The normalized spacial score (nSPS) is 11.1. The van der Waals surface area contributed by atoms with Crippen molar-refractivity contribution in [2.75, 3.05) is 13.4 Å². The third-order valence-electron chi connectivity index (χ3n) is 4.20. The van der Waals surface area contributed by atoms with E-state index in [1.165, 1.54) is 17.3 Å². The van der Waals surface area contributed by atoms with Crippen molar-refractivity contribution in [1.82, 2.24) is 14.9 Å². The van der Waals surface area contributed by atoms with Gasteiger partial charge in [-0.05, 0) is 42.5 Å². The summed E-state index contributed by atoms with van der Waals surface area (Å²) in [6, 6.07) is 14.0. The van der Waals surface area contributed by atoms with E-state index in [1.54, 1.807) is 18.0 Å². The van der Waals surface area contributed by atoms with Gasteiger partial charge in [0.15, 0.2) is 17.3 Å². The Kier molecular flexibility index (Phi) is 6.71. The highest BCUT2D eigenvalue weighted by molar-refractivity contribution is 7.98. The van der Waals surface area contributed by atoms with Crippen molar-refractivity contribution >= 4 is 18.0 Å². The van der Waals surface area contributed by atoms with E-state index in [9.17, 15) is 0 Å². The van der Waals surface area contributed by atoms with Crippen LogP contribution in [0.15, 0.2) is 52.7 Å². The molecule has 2 aromatic carbocycles. The topological polar surface area (TPSA) is 61.5 Å². The molecule has 0 radical (unpaired) electrons. The van der Waals surface area contributed by atoms with Gasteiger partial charge in [0.25, 0.3) is 0 Å². The molecule has 1 heterocycles. The van der Waals surface area contributed by atoms with Gasteiger partial charge < -0.3 is 9.47 Å². The van der Waals surface area contributed by atoms with Gasteiger partial charge in [0.05, 0.1) is 13.3 Å². The fourth-order valence-electron chi connectivity index (χ4n) is 2.62. The lowest BCUT2D eigenvalue weighted by molar-refractivity contribution is 0.284. The van der Waals surface area contributed by atoms with Crippen molar-refractivity contribution in [2.24, 2.45) is 5.10 Å². The lowest BCUT2D eigenvalue weighted by atomic mass is 10.1. The monoisotopic (exact) mass is 396 g/mol. The molecule has 0 aliphatic carbocycles. The molecule has 0 amide bonds. The van der Waals surface area contributed by atoms with Crippen LogP contribution in [0.5, 0.6) is 11.5 Å². The van der Waals surface area contributed by atoms with Crippen LogP contribution in [0.25, 0.3) is 0 Å². The average molecular weight is 397 g/mol. The van der Waals surface area contributed by atoms with E-state index in [-0.39, 0.29) is 0 Å². The number of aryl methyl sites for hydroxylation is 2. The van der Waals surface area contributed by atoms with E-state index < -0.39 is 0 Å². The van der Waals surface area contributed by atoms with Gasteiger partial charge in [-0.1, -0.05) is 48.5 Å². The Labute approximate surface area is 169 Å². The molecule has 146 valence electrons. The lowest BCUT2D eigenvalue weighted by Gasteiger charge is -2.11. The molecule has 6 nitrogen and oxygen atoms in total. The molecule has 7 heteroatoms. The Morgan fingerprint density at radius 3 is 2.57 bits per heavy atom. The molecule has 0 aliphatic heterocycles.